The summed E-state index contributed by atoms with van der Waals surface area (Å²) in [5, 5.41) is 15.9. The number of nitrogens with zero attached hydrogens (tertiary/aromatic N) is 4. The maximum Gasteiger partial charge on any atom is 0.209 e. The Morgan fingerprint density at radius 3 is 2.90 bits per heavy atom. The molecule has 1 aromatic carbocycles. The van der Waals surface area contributed by atoms with E-state index >= 15 is 0 Å². The molecule has 0 unspecified atom stereocenters. The highest BCUT2D eigenvalue weighted by Crippen LogP contribution is 2.19. The van der Waals surface area contributed by atoms with E-state index in [4.69, 9.17) is 4.74 Å². The summed E-state index contributed by atoms with van der Waals surface area (Å²) in [5.41, 5.74) is 1.27. The number of ether oxygens (including phenoxy) is 1. The summed E-state index contributed by atoms with van der Waals surface area (Å²) in [6.45, 7) is 3.14. The first-order valence-electron chi connectivity index (χ1n) is 6.52. The monoisotopic (exact) mass is 293 g/mol. The van der Waals surface area contributed by atoms with Crippen LogP contribution in [0, 0.1) is 0 Å². The highest BCUT2D eigenvalue weighted by Gasteiger charge is 2.06. The van der Waals surface area contributed by atoms with Crippen LogP contribution in [0.5, 0.6) is 0 Å². The molecule has 20 heavy (non-hydrogen) atoms. The molecule has 0 aliphatic heterocycles. The summed E-state index contributed by atoms with van der Waals surface area (Å²) < 4.78 is 6.80. The van der Waals surface area contributed by atoms with Gasteiger partial charge in [-0.25, -0.2) is 4.68 Å². The van der Waals surface area contributed by atoms with E-state index in [9.17, 15) is 0 Å². The van der Waals surface area contributed by atoms with Crippen molar-refractivity contribution < 1.29 is 4.74 Å². The summed E-state index contributed by atoms with van der Waals surface area (Å²) in [7, 11) is 1.70. The predicted octanol–water partition coefficient (Wildman–Crippen LogP) is 1.20. The zero-order valence-electron chi connectivity index (χ0n) is 11.5. The molecule has 1 N–H and O–H groups in total. The molecule has 108 valence electrons. The Labute approximate surface area is 122 Å². The van der Waals surface area contributed by atoms with Gasteiger partial charge in [-0.05, 0) is 16.0 Å². The van der Waals surface area contributed by atoms with Crippen LogP contribution < -0.4 is 5.32 Å². The maximum atomic E-state index is 4.98. The van der Waals surface area contributed by atoms with Crippen LogP contribution >= 0.6 is 11.8 Å². The summed E-state index contributed by atoms with van der Waals surface area (Å²) in [6.07, 6.45) is 0. The Balaban J connectivity index is 1.76. The highest BCUT2D eigenvalue weighted by molar-refractivity contribution is 7.98. The van der Waals surface area contributed by atoms with Gasteiger partial charge in [0.15, 0.2) is 0 Å². The third kappa shape index (κ3) is 4.92. The third-order valence-corrected chi connectivity index (χ3v) is 3.72. The number of rotatable bonds is 9. The number of methoxy groups -OCH3 is 1. The Morgan fingerprint density at radius 2 is 2.10 bits per heavy atom. The first-order chi connectivity index (χ1) is 9.90. The Kier molecular flexibility index (Phi) is 6.49. The molecule has 0 bridgehead atoms. The molecule has 0 spiro atoms. The Bertz CT molecular complexity index is 491. The lowest BCUT2D eigenvalue weighted by molar-refractivity contribution is 0.199. The van der Waals surface area contributed by atoms with Gasteiger partial charge in [0.25, 0.3) is 0 Å². The van der Waals surface area contributed by atoms with E-state index in [0.29, 0.717) is 6.61 Å². The number of thioether (sulfide) groups is 1. The van der Waals surface area contributed by atoms with E-state index in [-0.39, 0.29) is 0 Å². The van der Waals surface area contributed by atoms with Crippen molar-refractivity contribution in [1.82, 2.24) is 25.5 Å². The van der Waals surface area contributed by atoms with Gasteiger partial charge in [0.05, 0.1) is 13.2 Å². The quantitative estimate of drug-likeness (QED) is 0.553. The minimum atomic E-state index is 0.714. The number of benzene rings is 1. The van der Waals surface area contributed by atoms with E-state index in [1.54, 1.807) is 18.9 Å². The van der Waals surface area contributed by atoms with Gasteiger partial charge in [-0.2, -0.15) is 0 Å². The van der Waals surface area contributed by atoms with Crippen LogP contribution in [0.1, 0.15) is 5.56 Å². The smallest absolute Gasteiger partial charge is 0.209 e. The zero-order chi connectivity index (χ0) is 14.0. The van der Waals surface area contributed by atoms with Gasteiger partial charge >= 0.3 is 0 Å². The summed E-state index contributed by atoms with van der Waals surface area (Å²) in [5.74, 6) is 0.873. The average Bonchev–Trinajstić information content (AvgIpc) is 2.93. The molecular formula is C13H19N5OS. The number of aromatic nitrogens is 4. The molecule has 0 amide bonds. The van der Waals surface area contributed by atoms with Gasteiger partial charge in [-0.15, -0.1) is 5.10 Å². The second-order valence-electron chi connectivity index (χ2n) is 4.20. The van der Waals surface area contributed by atoms with Crippen LogP contribution in [-0.2, 0) is 17.0 Å². The summed E-state index contributed by atoms with van der Waals surface area (Å²) in [4.78, 5) is 0. The molecule has 0 saturated heterocycles. The number of hydrogen-bond acceptors (Lipinski definition) is 6. The molecule has 7 heteroatoms. The summed E-state index contributed by atoms with van der Waals surface area (Å²) >= 11 is 1.65. The lowest BCUT2D eigenvalue weighted by Crippen LogP contribution is -2.24. The first-order valence-corrected chi connectivity index (χ1v) is 7.51. The summed E-state index contributed by atoms with van der Waals surface area (Å²) in [6, 6.07) is 10.3. The molecule has 0 radical (unpaired) electrons. The minimum absolute atomic E-state index is 0.714. The van der Waals surface area contributed by atoms with Crippen LogP contribution in [0.3, 0.4) is 0 Å². The lowest BCUT2D eigenvalue weighted by Gasteiger charge is -2.06. The molecule has 2 aromatic rings. The number of hydrogen-bond donors (Lipinski definition) is 1. The van der Waals surface area contributed by atoms with Crippen LogP contribution in [0.15, 0.2) is 35.5 Å². The maximum absolute atomic E-state index is 4.98. The fourth-order valence-corrected chi connectivity index (χ4v) is 2.51. The fourth-order valence-electron chi connectivity index (χ4n) is 1.65. The predicted molar refractivity (Wildman–Crippen MR) is 78.6 cm³/mol. The van der Waals surface area contributed by atoms with E-state index < -0.39 is 0 Å². The van der Waals surface area contributed by atoms with Gasteiger partial charge in [-0.3, -0.25) is 0 Å². The van der Waals surface area contributed by atoms with Crippen molar-refractivity contribution in [2.24, 2.45) is 0 Å². The van der Waals surface area contributed by atoms with Gasteiger partial charge in [-0.1, -0.05) is 42.1 Å². The topological polar surface area (TPSA) is 64.9 Å². The second-order valence-corrected chi connectivity index (χ2v) is 5.14. The first kappa shape index (κ1) is 15.0. The molecule has 0 saturated carbocycles. The van der Waals surface area contributed by atoms with Gasteiger partial charge in [0, 0.05) is 26.0 Å². The minimum Gasteiger partial charge on any atom is -0.383 e. The molecule has 2 rings (SSSR count). The fraction of sp³-hybridized carbons (Fsp3) is 0.462. The molecule has 1 aromatic heterocycles. The molecule has 0 fully saturated rings. The van der Waals surface area contributed by atoms with Crippen LogP contribution in [-0.4, -0.2) is 47.0 Å². The van der Waals surface area contributed by atoms with Crippen molar-refractivity contribution >= 4 is 11.8 Å². The van der Waals surface area contributed by atoms with Crippen LogP contribution in [0.25, 0.3) is 0 Å². The normalized spacial score (nSPS) is 10.8. The number of nitrogens with one attached hydrogen (secondary N) is 1. The Hall–Kier alpha value is -1.44. The zero-order valence-corrected chi connectivity index (χ0v) is 12.3. The van der Waals surface area contributed by atoms with Crippen molar-refractivity contribution in [2.45, 2.75) is 17.5 Å². The molecule has 6 nitrogen and oxygen atoms in total. The third-order valence-electron chi connectivity index (χ3n) is 2.69. The number of tetrazole rings is 1. The van der Waals surface area contributed by atoms with E-state index in [1.807, 2.05) is 22.9 Å². The largest absolute Gasteiger partial charge is 0.383 e. The SMILES string of the molecule is COCCNCCn1nnnc1SCc1ccccc1. The van der Waals surface area contributed by atoms with Crippen molar-refractivity contribution in [3.8, 4) is 0 Å². The molecular weight excluding hydrogens is 274 g/mol. The van der Waals surface area contributed by atoms with Crippen molar-refractivity contribution in [2.75, 3.05) is 26.8 Å². The van der Waals surface area contributed by atoms with Crippen molar-refractivity contribution in [3.63, 3.8) is 0 Å². The van der Waals surface area contributed by atoms with E-state index in [1.165, 1.54) is 5.56 Å². The van der Waals surface area contributed by atoms with Crippen molar-refractivity contribution in [3.05, 3.63) is 35.9 Å². The standard InChI is InChI=1S/C13H19N5OS/c1-19-10-8-14-7-9-18-13(15-16-17-18)20-11-12-5-3-2-4-6-12/h2-6,14H,7-11H2,1H3. The second kappa shape index (κ2) is 8.68. The molecule has 0 aliphatic rings. The van der Waals surface area contributed by atoms with Gasteiger partial charge in [0.1, 0.15) is 0 Å². The molecule has 0 aliphatic carbocycles. The van der Waals surface area contributed by atoms with Gasteiger partial charge in [0.2, 0.25) is 5.16 Å². The van der Waals surface area contributed by atoms with Crippen molar-refractivity contribution in [1.29, 1.82) is 0 Å². The molecule has 1 heterocycles. The lowest BCUT2D eigenvalue weighted by atomic mass is 10.2. The highest BCUT2D eigenvalue weighted by atomic mass is 32.2. The van der Waals surface area contributed by atoms with Crippen LogP contribution in [0.4, 0.5) is 0 Å². The average molecular weight is 293 g/mol. The van der Waals surface area contributed by atoms with Crippen LogP contribution in [0.2, 0.25) is 0 Å². The van der Waals surface area contributed by atoms with E-state index in [2.05, 4.69) is 33.0 Å². The van der Waals surface area contributed by atoms with Gasteiger partial charge < -0.3 is 10.1 Å². The molecule has 0 atom stereocenters. The Morgan fingerprint density at radius 1 is 1.25 bits per heavy atom. The van der Waals surface area contributed by atoms with E-state index in [0.717, 1.165) is 30.5 Å².